The van der Waals surface area contributed by atoms with Gasteiger partial charge in [-0.1, -0.05) is 25.1 Å². The van der Waals surface area contributed by atoms with Crippen LogP contribution in [-0.2, 0) is 9.53 Å². The van der Waals surface area contributed by atoms with E-state index >= 15 is 0 Å². The highest BCUT2D eigenvalue weighted by molar-refractivity contribution is 7.80. The summed E-state index contributed by atoms with van der Waals surface area (Å²) in [4.78, 5) is 14.3. The normalized spacial score (nSPS) is 26.1. The molecule has 102 valence electrons. The van der Waals surface area contributed by atoms with Crippen LogP contribution in [0.2, 0.25) is 0 Å². The molecular weight excluding hydrogens is 250 g/mol. The van der Waals surface area contributed by atoms with Crippen molar-refractivity contribution in [2.45, 2.75) is 37.8 Å². The number of hydrogen-bond acceptors (Lipinski definition) is 4. The van der Waals surface area contributed by atoms with Gasteiger partial charge in [-0.15, -0.1) is 0 Å². The average Bonchev–Trinajstić information content (AvgIpc) is 2.82. The minimum Gasteiger partial charge on any atom is -0.391 e. The number of morpholine rings is 1. The maximum Gasteiger partial charge on any atom is 0.234 e. The lowest BCUT2D eigenvalue weighted by atomic mass is 10.2. The van der Waals surface area contributed by atoms with E-state index in [0.717, 1.165) is 19.4 Å². The quantitative estimate of drug-likeness (QED) is 0.706. The van der Waals surface area contributed by atoms with Gasteiger partial charge < -0.3 is 15.8 Å². The summed E-state index contributed by atoms with van der Waals surface area (Å²) in [6, 6.07) is 0.380. The predicted octanol–water partition coefficient (Wildman–Crippen LogP) is 0.0321. The van der Waals surface area contributed by atoms with Crippen LogP contribution in [0.1, 0.15) is 25.7 Å². The molecule has 0 aromatic carbocycles. The van der Waals surface area contributed by atoms with E-state index < -0.39 is 0 Å². The Morgan fingerprint density at radius 3 is 2.83 bits per heavy atom. The van der Waals surface area contributed by atoms with Crippen LogP contribution in [-0.4, -0.2) is 54.2 Å². The van der Waals surface area contributed by atoms with Gasteiger partial charge in [0.15, 0.2) is 0 Å². The zero-order valence-corrected chi connectivity index (χ0v) is 11.4. The summed E-state index contributed by atoms with van der Waals surface area (Å²) < 4.78 is 5.45. The van der Waals surface area contributed by atoms with Crippen molar-refractivity contribution in [2.75, 3.05) is 26.2 Å². The molecule has 2 fully saturated rings. The second kappa shape index (κ2) is 6.45. The van der Waals surface area contributed by atoms with Crippen molar-refractivity contribution in [1.82, 2.24) is 10.2 Å². The van der Waals surface area contributed by atoms with E-state index in [1.54, 1.807) is 0 Å². The number of amides is 1. The van der Waals surface area contributed by atoms with Crippen molar-refractivity contribution in [1.29, 1.82) is 0 Å². The number of thiocarbonyl (C=S) groups is 1. The van der Waals surface area contributed by atoms with Crippen LogP contribution >= 0.6 is 12.2 Å². The van der Waals surface area contributed by atoms with Crippen LogP contribution in [0.25, 0.3) is 0 Å². The number of nitrogens with two attached hydrogens (primary N) is 1. The van der Waals surface area contributed by atoms with Crippen LogP contribution in [0, 0.1) is 0 Å². The first-order valence-electron chi connectivity index (χ1n) is 6.58. The molecule has 1 amide bonds. The molecule has 1 aliphatic heterocycles. The van der Waals surface area contributed by atoms with E-state index in [4.69, 9.17) is 22.7 Å². The van der Waals surface area contributed by atoms with Crippen molar-refractivity contribution in [3.63, 3.8) is 0 Å². The number of ether oxygens (including phenoxy) is 1. The molecule has 2 rings (SSSR count). The summed E-state index contributed by atoms with van der Waals surface area (Å²) in [6.45, 7) is 2.38. The molecular formula is C12H21N3O2S. The minimum atomic E-state index is -0.215. The molecule has 1 unspecified atom stereocenters. The van der Waals surface area contributed by atoms with E-state index in [0.29, 0.717) is 30.7 Å². The Hall–Kier alpha value is -0.720. The number of hydrogen-bond donors (Lipinski definition) is 2. The fourth-order valence-corrected chi connectivity index (χ4v) is 2.71. The molecule has 1 saturated heterocycles. The highest BCUT2D eigenvalue weighted by Crippen LogP contribution is 2.17. The number of carbonyl (C=O) groups is 1. The molecule has 1 heterocycles. The molecule has 5 nitrogen and oxygen atoms in total. The second-order valence-corrected chi connectivity index (χ2v) is 5.52. The lowest BCUT2D eigenvalue weighted by Crippen LogP contribution is -2.51. The topological polar surface area (TPSA) is 67.6 Å². The smallest absolute Gasteiger partial charge is 0.234 e. The average molecular weight is 271 g/mol. The predicted molar refractivity (Wildman–Crippen MR) is 73.4 cm³/mol. The van der Waals surface area contributed by atoms with Gasteiger partial charge in [-0.3, -0.25) is 9.69 Å². The van der Waals surface area contributed by atoms with E-state index in [-0.39, 0.29) is 12.0 Å². The van der Waals surface area contributed by atoms with Crippen molar-refractivity contribution in [2.24, 2.45) is 5.73 Å². The molecule has 0 aromatic rings. The van der Waals surface area contributed by atoms with Crippen molar-refractivity contribution < 1.29 is 9.53 Å². The SMILES string of the molecule is NC(=S)C1CN(CC(=O)NC2CCCC2)CCO1. The van der Waals surface area contributed by atoms with E-state index in [1.807, 2.05) is 0 Å². The van der Waals surface area contributed by atoms with Crippen molar-refractivity contribution >= 4 is 23.1 Å². The third-order valence-electron chi connectivity index (χ3n) is 3.56. The van der Waals surface area contributed by atoms with Crippen LogP contribution in [0.5, 0.6) is 0 Å². The van der Waals surface area contributed by atoms with Gasteiger partial charge in [0, 0.05) is 19.1 Å². The first-order chi connectivity index (χ1) is 8.65. The molecule has 18 heavy (non-hydrogen) atoms. The Kier molecular flexibility index (Phi) is 4.91. The second-order valence-electron chi connectivity index (χ2n) is 5.05. The third kappa shape index (κ3) is 3.90. The van der Waals surface area contributed by atoms with Gasteiger partial charge in [0.2, 0.25) is 5.91 Å². The summed E-state index contributed by atoms with van der Waals surface area (Å²) in [7, 11) is 0. The maximum absolute atomic E-state index is 11.9. The summed E-state index contributed by atoms with van der Waals surface area (Å²) in [5, 5.41) is 3.08. The third-order valence-corrected chi connectivity index (χ3v) is 3.82. The molecule has 0 aromatic heterocycles. The number of rotatable bonds is 4. The number of nitrogens with one attached hydrogen (secondary N) is 1. The van der Waals surface area contributed by atoms with Gasteiger partial charge in [-0.05, 0) is 12.8 Å². The van der Waals surface area contributed by atoms with E-state index in [1.165, 1.54) is 12.8 Å². The molecule has 1 atom stereocenters. The summed E-state index contributed by atoms with van der Waals surface area (Å²) in [6.07, 6.45) is 4.47. The van der Waals surface area contributed by atoms with Gasteiger partial charge in [-0.25, -0.2) is 0 Å². The molecule has 0 spiro atoms. The lowest BCUT2D eigenvalue weighted by Gasteiger charge is -2.32. The number of carbonyl (C=O) groups excluding carboxylic acids is 1. The first kappa shape index (κ1) is 13.7. The fourth-order valence-electron chi connectivity index (χ4n) is 2.56. The van der Waals surface area contributed by atoms with Crippen LogP contribution in [0.4, 0.5) is 0 Å². The van der Waals surface area contributed by atoms with Gasteiger partial charge in [0.25, 0.3) is 0 Å². The Morgan fingerprint density at radius 1 is 1.44 bits per heavy atom. The lowest BCUT2D eigenvalue weighted by molar-refractivity contribution is -0.124. The Labute approximate surface area is 113 Å². The Morgan fingerprint density at radius 2 is 2.17 bits per heavy atom. The Balaban J connectivity index is 1.74. The summed E-state index contributed by atoms with van der Waals surface area (Å²) in [5.74, 6) is 0.102. The highest BCUT2D eigenvalue weighted by Gasteiger charge is 2.25. The zero-order valence-electron chi connectivity index (χ0n) is 10.6. The van der Waals surface area contributed by atoms with Crippen molar-refractivity contribution in [3.05, 3.63) is 0 Å². The van der Waals surface area contributed by atoms with Gasteiger partial charge in [0.05, 0.1) is 13.2 Å². The molecule has 1 saturated carbocycles. The highest BCUT2D eigenvalue weighted by atomic mass is 32.1. The zero-order chi connectivity index (χ0) is 13.0. The van der Waals surface area contributed by atoms with E-state index in [2.05, 4.69) is 10.2 Å². The van der Waals surface area contributed by atoms with Gasteiger partial charge in [-0.2, -0.15) is 0 Å². The summed E-state index contributed by atoms with van der Waals surface area (Å²) in [5.41, 5.74) is 5.57. The molecule has 6 heteroatoms. The molecule has 0 bridgehead atoms. The molecule has 1 aliphatic carbocycles. The van der Waals surface area contributed by atoms with Crippen molar-refractivity contribution in [3.8, 4) is 0 Å². The maximum atomic E-state index is 11.9. The van der Waals surface area contributed by atoms with Crippen LogP contribution < -0.4 is 11.1 Å². The van der Waals surface area contributed by atoms with Gasteiger partial charge in [0.1, 0.15) is 11.1 Å². The standard InChI is InChI=1S/C12H21N3O2S/c13-12(18)10-7-15(5-6-17-10)8-11(16)14-9-3-1-2-4-9/h9-10H,1-8H2,(H2,13,18)(H,14,16). The van der Waals surface area contributed by atoms with Crippen LogP contribution in [0.3, 0.4) is 0 Å². The first-order valence-corrected chi connectivity index (χ1v) is 6.98. The molecule has 2 aliphatic rings. The summed E-state index contributed by atoms with van der Waals surface area (Å²) >= 11 is 4.92. The monoisotopic (exact) mass is 271 g/mol. The Bertz CT molecular complexity index is 318. The number of nitrogens with zero attached hydrogens (tertiary/aromatic N) is 1. The van der Waals surface area contributed by atoms with Crippen LogP contribution in [0.15, 0.2) is 0 Å². The van der Waals surface area contributed by atoms with Gasteiger partial charge >= 0.3 is 0 Å². The van der Waals surface area contributed by atoms with E-state index in [9.17, 15) is 4.79 Å². The molecule has 0 radical (unpaired) electrons. The fraction of sp³-hybridized carbons (Fsp3) is 0.833. The molecule has 3 N–H and O–H groups in total. The minimum absolute atomic E-state index is 0.102. The largest absolute Gasteiger partial charge is 0.391 e.